The number of nitrogens with zero attached hydrogens (tertiary/aromatic N) is 1. The molecule has 0 aliphatic rings. The summed E-state index contributed by atoms with van der Waals surface area (Å²) in [5.41, 5.74) is 2.90. The monoisotopic (exact) mass is 349 g/mol. The van der Waals surface area contributed by atoms with Crippen molar-refractivity contribution in [3.8, 4) is 22.9 Å². The topological polar surface area (TPSA) is 42.2 Å². The molecule has 136 valence electrons. The van der Waals surface area contributed by atoms with E-state index >= 15 is 0 Å². The molecule has 3 heteroatoms. The van der Waals surface area contributed by atoms with Crippen LogP contribution in [-0.4, -0.2) is 12.7 Å². The fraction of sp³-hybridized carbons (Fsp3) is 0.348. The molecule has 0 aromatic heterocycles. The molecular weight excluding hydrogens is 322 g/mol. The van der Waals surface area contributed by atoms with Crippen LogP contribution < -0.4 is 4.74 Å². The van der Waals surface area contributed by atoms with Gasteiger partial charge in [-0.25, -0.2) is 0 Å². The number of unbranched alkanes of at least 4 members (excludes halogenated alkanes) is 2. The van der Waals surface area contributed by atoms with Crippen LogP contribution in [0.2, 0.25) is 0 Å². The lowest BCUT2D eigenvalue weighted by molar-refractivity contribution is 0.148. The maximum atomic E-state index is 8.86. The maximum absolute atomic E-state index is 8.86. The number of rotatable bonds is 10. The molecule has 1 unspecified atom stereocenters. The summed E-state index contributed by atoms with van der Waals surface area (Å²) < 4.78 is 11.3. The van der Waals surface area contributed by atoms with Gasteiger partial charge in [0.25, 0.3) is 0 Å². The molecule has 0 aliphatic carbocycles. The lowest BCUT2D eigenvalue weighted by Crippen LogP contribution is -2.04. The fourth-order valence-corrected chi connectivity index (χ4v) is 2.66. The van der Waals surface area contributed by atoms with E-state index in [1.807, 2.05) is 49.4 Å². The Morgan fingerprint density at radius 1 is 0.962 bits per heavy atom. The highest BCUT2D eigenvalue weighted by Crippen LogP contribution is 2.23. The number of ether oxygens (including phenoxy) is 2. The van der Waals surface area contributed by atoms with Crippen molar-refractivity contribution < 1.29 is 9.47 Å². The van der Waals surface area contributed by atoms with Crippen LogP contribution in [0.5, 0.6) is 5.75 Å². The zero-order valence-corrected chi connectivity index (χ0v) is 15.7. The number of nitriles is 1. The van der Waals surface area contributed by atoms with Gasteiger partial charge in [-0.2, -0.15) is 5.26 Å². The minimum atomic E-state index is 0.280. The summed E-state index contributed by atoms with van der Waals surface area (Å²) in [5, 5.41) is 8.86. The van der Waals surface area contributed by atoms with Crippen molar-refractivity contribution in [3.63, 3.8) is 0 Å². The third-order valence-electron chi connectivity index (χ3n) is 4.17. The molecule has 0 saturated heterocycles. The maximum Gasteiger partial charge on any atom is 0.119 e. The predicted molar refractivity (Wildman–Crippen MR) is 106 cm³/mol. The van der Waals surface area contributed by atoms with Gasteiger partial charge in [-0.05, 0) is 74.9 Å². The molecule has 0 aliphatic heterocycles. The summed E-state index contributed by atoms with van der Waals surface area (Å²) in [7, 11) is 0. The number of benzene rings is 2. The Bertz CT molecular complexity index is 711. The van der Waals surface area contributed by atoms with E-state index in [0.717, 1.165) is 49.2 Å². The molecule has 1 atom stereocenters. The van der Waals surface area contributed by atoms with Crippen molar-refractivity contribution in [2.24, 2.45) is 0 Å². The lowest BCUT2D eigenvalue weighted by atomic mass is 10.0. The third kappa shape index (κ3) is 6.64. The summed E-state index contributed by atoms with van der Waals surface area (Å²) in [4.78, 5) is 0. The van der Waals surface area contributed by atoms with E-state index in [1.165, 1.54) is 0 Å². The van der Waals surface area contributed by atoms with Crippen LogP contribution in [0.1, 0.15) is 45.1 Å². The van der Waals surface area contributed by atoms with E-state index in [9.17, 15) is 0 Å². The van der Waals surface area contributed by atoms with Crippen molar-refractivity contribution in [1.29, 1.82) is 5.26 Å². The molecule has 2 aromatic carbocycles. The zero-order chi connectivity index (χ0) is 18.6. The van der Waals surface area contributed by atoms with Gasteiger partial charge in [-0.3, -0.25) is 0 Å². The Morgan fingerprint density at radius 2 is 1.62 bits per heavy atom. The van der Waals surface area contributed by atoms with E-state index in [0.29, 0.717) is 5.56 Å². The first-order chi connectivity index (χ1) is 12.7. The van der Waals surface area contributed by atoms with Crippen LogP contribution in [-0.2, 0) is 4.74 Å². The first-order valence-electron chi connectivity index (χ1n) is 9.23. The Hall–Kier alpha value is -2.73. The van der Waals surface area contributed by atoms with Gasteiger partial charge in [0, 0.05) is 0 Å². The SMILES string of the molecule is CC=COC(C)CCCCCOc1ccc(-c2ccc(C#N)cc2)cc1. The first kappa shape index (κ1) is 19.6. The fourth-order valence-electron chi connectivity index (χ4n) is 2.66. The van der Waals surface area contributed by atoms with Crippen molar-refractivity contribution >= 4 is 0 Å². The van der Waals surface area contributed by atoms with Crippen molar-refractivity contribution in [1.82, 2.24) is 0 Å². The number of hydrogen-bond acceptors (Lipinski definition) is 3. The van der Waals surface area contributed by atoms with Crippen LogP contribution in [0.15, 0.2) is 60.9 Å². The first-order valence-corrected chi connectivity index (χ1v) is 9.23. The van der Waals surface area contributed by atoms with Crippen molar-refractivity contribution in [2.75, 3.05) is 6.61 Å². The molecule has 3 nitrogen and oxygen atoms in total. The average Bonchev–Trinajstić information content (AvgIpc) is 2.69. The summed E-state index contributed by atoms with van der Waals surface area (Å²) in [6.45, 7) is 4.80. The highest BCUT2D eigenvalue weighted by molar-refractivity contribution is 5.64. The smallest absolute Gasteiger partial charge is 0.119 e. The van der Waals surface area contributed by atoms with Gasteiger partial charge in [0.05, 0.1) is 30.6 Å². The van der Waals surface area contributed by atoms with Crippen molar-refractivity contribution in [3.05, 3.63) is 66.4 Å². The minimum absolute atomic E-state index is 0.280. The standard InChI is InChI=1S/C23H27NO2/c1-3-16-25-19(2)7-5-4-6-17-26-23-14-12-22(13-15-23)21-10-8-20(18-24)9-11-21/h3,8-16,19H,4-7,17H2,1-2H3. The van der Waals surface area contributed by atoms with E-state index in [1.54, 1.807) is 6.26 Å². The quantitative estimate of drug-likeness (QED) is 0.384. The Morgan fingerprint density at radius 3 is 2.23 bits per heavy atom. The van der Waals surface area contributed by atoms with Gasteiger partial charge in [0.2, 0.25) is 0 Å². The Kier molecular flexibility index (Phi) is 8.29. The second-order valence-corrected chi connectivity index (χ2v) is 6.33. The molecule has 0 amide bonds. The largest absolute Gasteiger partial charge is 0.499 e. The van der Waals surface area contributed by atoms with Crippen LogP contribution in [0.25, 0.3) is 11.1 Å². The summed E-state index contributed by atoms with van der Waals surface area (Å²) in [6.07, 6.45) is 8.37. The van der Waals surface area contributed by atoms with E-state index in [4.69, 9.17) is 14.7 Å². The molecule has 2 rings (SSSR count). The summed E-state index contributed by atoms with van der Waals surface area (Å²) in [5.74, 6) is 0.896. The molecule has 2 aromatic rings. The van der Waals surface area contributed by atoms with Crippen LogP contribution in [0, 0.1) is 11.3 Å². The van der Waals surface area contributed by atoms with E-state index in [-0.39, 0.29) is 6.10 Å². The van der Waals surface area contributed by atoms with Gasteiger partial charge in [-0.1, -0.05) is 30.3 Å². The van der Waals surface area contributed by atoms with E-state index in [2.05, 4.69) is 25.1 Å². The molecule has 26 heavy (non-hydrogen) atoms. The minimum Gasteiger partial charge on any atom is -0.499 e. The number of hydrogen-bond donors (Lipinski definition) is 0. The Labute approximate surface area is 156 Å². The molecule has 0 fully saturated rings. The van der Waals surface area contributed by atoms with Gasteiger partial charge in [0.15, 0.2) is 0 Å². The molecule has 0 saturated carbocycles. The molecular formula is C23H27NO2. The highest BCUT2D eigenvalue weighted by Gasteiger charge is 2.01. The van der Waals surface area contributed by atoms with E-state index < -0.39 is 0 Å². The van der Waals surface area contributed by atoms with Crippen LogP contribution >= 0.6 is 0 Å². The molecule has 0 heterocycles. The second kappa shape index (κ2) is 11.0. The third-order valence-corrected chi connectivity index (χ3v) is 4.17. The van der Waals surface area contributed by atoms with Gasteiger partial charge in [-0.15, -0.1) is 0 Å². The normalized spacial score (nSPS) is 11.9. The van der Waals surface area contributed by atoms with Gasteiger partial charge < -0.3 is 9.47 Å². The van der Waals surface area contributed by atoms with Gasteiger partial charge >= 0.3 is 0 Å². The molecule has 0 N–H and O–H groups in total. The lowest BCUT2D eigenvalue weighted by Gasteiger charge is -2.11. The average molecular weight is 349 g/mol. The van der Waals surface area contributed by atoms with Gasteiger partial charge in [0.1, 0.15) is 5.75 Å². The molecule has 0 bridgehead atoms. The molecule has 0 radical (unpaired) electrons. The van der Waals surface area contributed by atoms with Crippen molar-refractivity contribution in [2.45, 2.75) is 45.6 Å². The predicted octanol–water partition coefficient (Wildman–Crippen LogP) is 6.10. The summed E-state index contributed by atoms with van der Waals surface area (Å²) in [6, 6.07) is 17.9. The second-order valence-electron chi connectivity index (χ2n) is 6.33. The van der Waals surface area contributed by atoms with Crippen LogP contribution in [0.4, 0.5) is 0 Å². The Balaban J connectivity index is 1.68. The number of allylic oxidation sites excluding steroid dienone is 1. The summed E-state index contributed by atoms with van der Waals surface area (Å²) >= 11 is 0. The highest BCUT2D eigenvalue weighted by atomic mass is 16.5. The van der Waals surface area contributed by atoms with Crippen LogP contribution in [0.3, 0.4) is 0 Å². The molecule has 0 spiro atoms. The zero-order valence-electron chi connectivity index (χ0n) is 15.7.